The van der Waals surface area contributed by atoms with Crippen LogP contribution in [0.4, 0.5) is 0 Å². The molecule has 3 aromatic rings. The molecular weight excluding hydrogens is 318 g/mol. The van der Waals surface area contributed by atoms with Crippen molar-refractivity contribution in [3.05, 3.63) is 57.6 Å². The minimum absolute atomic E-state index is 0.0682. The van der Waals surface area contributed by atoms with Crippen LogP contribution in [0.2, 0.25) is 0 Å². The van der Waals surface area contributed by atoms with E-state index in [4.69, 9.17) is 0 Å². The lowest BCUT2D eigenvalue weighted by Gasteiger charge is -2.34. The predicted molar refractivity (Wildman–Crippen MR) is 96.2 cm³/mol. The Balaban J connectivity index is 1.63. The van der Waals surface area contributed by atoms with Crippen LogP contribution in [0.1, 0.15) is 55.2 Å². The van der Waals surface area contributed by atoms with E-state index in [9.17, 15) is 0 Å². The van der Waals surface area contributed by atoms with Crippen molar-refractivity contribution >= 4 is 11.3 Å². The molecule has 4 heterocycles. The van der Waals surface area contributed by atoms with Gasteiger partial charge in [-0.05, 0) is 28.5 Å². The van der Waals surface area contributed by atoms with Gasteiger partial charge in [0.2, 0.25) is 0 Å². The van der Waals surface area contributed by atoms with Crippen molar-refractivity contribution < 1.29 is 0 Å². The number of rotatable bonds is 3. The SMILES string of the molecule is CC(C)(C)c1cc(CN2CCc3[nH]cnc3[C@@H]2c2ccsc2)[nH]n1. The first-order chi connectivity index (χ1) is 11.5. The zero-order valence-corrected chi connectivity index (χ0v) is 15.2. The van der Waals surface area contributed by atoms with Crippen LogP contribution < -0.4 is 0 Å². The third-order valence-corrected chi connectivity index (χ3v) is 5.36. The molecule has 4 rings (SSSR count). The molecule has 126 valence electrons. The number of thiophene rings is 1. The van der Waals surface area contributed by atoms with Gasteiger partial charge in [0.25, 0.3) is 0 Å². The Kier molecular flexibility index (Phi) is 3.81. The van der Waals surface area contributed by atoms with Gasteiger partial charge in [-0.25, -0.2) is 4.98 Å². The fraction of sp³-hybridized carbons (Fsp3) is 0.444. The van der Waals surface area contributed by atoms with E-state index in [-0.39, 0.29) is 11.5 Å². The summed E-state index contributed by atoms with van der Waals surface area (Å²) in [4.78, 5) is 10.4. The van der Waals surface area contributed by atoms with E-state index < -0.39 is 0 Å². The highest BCUT2D eigenvalue weighted by Crippen LogP contribution is 2.35. The lowest BCUT2D eigenvalue weighted by Crippen LogP contribution is -2.35. The molecule has 2 N–H and O–H groups in total. The molecule has 1 aliphatic heterocycles. The van der Waals surface area contributed by atoms with Gasteiger partial charge >= 0.3 is 0 Å². The van der Waals surface area contributed by atoms with Crippen molar-refractivity contribution in [1.29, 1.82) is 0 Å². The van der Waals surface area contributed by atoms with Gasteiger partial charge in [0, 0.05) is 36.3 Å². The third kappa shape index (κ3) is 2.80. The summed E-state index contributed by atoms with van der Waals surface area (Å²) in [5, 5.41) is 12.1. The molecule has 0 saturated heterocycles. The fourth-order valence-electron chi connectivity index (χ4n) is 3.34. The molecule has 0 unspecified atom stereocenters. The Morgan fingerprint density at radius 2 is 2.25 bits per heavy atom. The van der Waals surface area contributed by atoms with Gasteiger partial charge in [0.15, 0.2) is 0 Å². The van der Waals surface area contributed by atoms with Crippen molar-refractivity contribution in [1.82, 2.24) is 25.1 Å². The number of fused-ring (bicyclic) bond motifs is 1. The highest BCUT2D eigenvalue weighted by molar-refractivity contribution is 7.08. The van der Waals surface area contributed by atoms with E-state index in [0.29, 0.717) is 0 Å². The number of aromatic amines is 2. The summed E-state index contributed by atoms with van der Waals surface area (Å²) < 4.78 is 0. The third-order valence-electron chi connectivity index (χ3n) is 4.66. The normalized spacial score (nSPS) is 18.7. The lowest BCUT2D eigenvalue weighted by atomic mass is 9.92. The van der Waals surface area contributed by atoms with Gasteiger partial charge < -0.3 is 4.98 Å². The zero-order valence-electron chi connectivity index (χ0n) is 14.3. The van der Waals surface area contributed by atoms with Gasteiger partial charge in [0.1, 0.15) is 0 Å². The standard InChI is InChI=1S/C18H23N5S/c1-18(2,3)15-8-13(21-22-15)9-23-6-4-14-16(20-11-19-14)17(23)12-5-7-24-10-12/h5,7-8,10-11,17H,4,6,9H2,1-3H3,(H,19,20)(H,21,22)/t17-/m0/s1. The molecule has 0 radical (unpaired) electrons. The molecule has 0 fully saturated rings. The van der Waals surface area contributed by atoms with Gasteiger partial charge in [-0.2, -0.15) is 16.4 Å². The molecule has 24 heavy (non-hydrogen) atoms. The number of imidazole rings is 1. The molecule has 1 aliphatic rings. The Hall–Kier alpha value is -1.92. The molecule has 0 spiro atoms. The summed E-state index contributed by atoms with van der Waals surface area (Å²) in [5.41, 5.74) is 6.10. The first-order valence-corrected chi connectivity index (χ1v) is 9.30. The molecule has 3 aromatic heterocycles. The highest BCUT2D eigenvalue weighted by Gasteiger charge is 2.31. The van der Waals surface area contributed by atoms with Gasteiger partial charge in [-0.1, -0.05) is 20.8 Å². The van der Waals surface area contributed by atoms with Gasteiger partial charge in [-0.15, -0.1) is 0 Å². The second kappa shape index (κ2) is 5.86. The Bertz CT molecular complexity index is 809. The quantitative estimate of drug-likeness (QED) is 0.764. The fourth-order valence-corrected chi connectivity index (χ4v) is 4.02. The van der Waals surface area contributed by atoms with Crippen LogP contribution in [-0.4, -0.2) is 31.6 Å². The van der Waals surface area contributed by atoms with Crippen LogP contribution in [0.5, 0.6) is 0 Å². The molecular formula is C18H23N5S. The number of hydrogen-bond acceptors (Lipinski definition) is 4. The zero-order chi connectivity index (χ0) is 16.7. The maximum absolute atomic E-state index is 4.61. The second-order valence-corrected chi connectivity index (χ2v) is 8.25. The largest absolute Gasteiger partial charge is 0.348 e. The summed E-state index contributed by atoms with van der Waals surface area (Å²) in [6, 6.07) is 4.62. The second-order valence-electron chi connectivity index (χ2n) is 7.47. The van der Waals surface area contributed by atoms with E-state index in [1.54, 1.807) is 11.3 Å². The summed E-state index contributed by atoms with van der Waals surface area (Å²) >= 11 is 1.74. The Morgan fingerprint density at radius 1 is 1.38 bits per heavy atom. The summed E-state index contributed by atoms with van der Waals surface area (Å²) in [6.07, 6.45) is 2.83. The van der Waals surface area contributed by atoms with Crippen LogP contribution in [0, 0.1) is 0 Å². The van der Waals surface area contributed by atoms with E-state index in [0.717, 1.165) is 30.9 Å². The smallest absolute Gasteiger partial charge is 0.0926 e. The maximum Gasteiger partial charge on any atom is 0.0926 e. The van der Waals surface area contributed by atoms with E-state index in [1.807, 2.05) is 6.33 Å². The first-order valence-electron chi connectivity index (χ1n) is 8.35. The van der Waals surface area contributed by atoms with Gasteiger partial charge in [-0.3, -0.25) is 10.00 Å². The van der Waals surface area contributed by atoms with Crippen molar-refractivity contribution in [3.63, 3.8) is 0 Å². The summed E-state index contributed by atoms with van der Waals surface area (Å²) in [7, 11) is 0. The summed E-state index contributed by atoms with van der Waals surface area (Å²) in [5.74, 6) is 0. The Morgan fingerprint density at radius 3 is 2.96 bits per heavy atom. The Labute approximate surface area is 146 Å². The van der Waals surface area contributed by atoms with Crippen molar-refractivity contribution in [2.24, 2.45) is 0 Å². The molecule has 0 bridgehead atoms. The minimum atomic E-state index is 0.0682. The molecule has 0 amide bonds. The van der Waals surface area contributed by atoms with Crippen molar-refractivity contribution in [2.75, 3.05) is 6.54 Å². The molecule has 0 aromatic carbocycles. The maximum atomic E-state index is 4.61. The molecule has 6 heteroatoms. The van der Waals surface area contributed by atoms with E-state index in [2.05, 4.69) is 68.7 Å². The number of hydrogen-bond donors (Lipinski definition) is 2. The number of nitrogens with one attached hydrogen (secondary N) is 2. The molecule has 1 atom stereocenters. The predicted octanol–water partition coefficient (Wildman–Crippen LogP) is 3.64. The summed E-state index contributed by atoms with van der Waals surface area (Å²) in [6.45, 7) is 8.45. The van der Waals surface area contributed by atoms with Crippen LogP contribution in [0.25, 0.3) is 0 Å². The molecule has 5 nitrogen and oxygen atoms in total. The number of H-pyrrole nitrogens is 2. The van der Waals surface area contributed by atoms with Crippen LogP contribution >= 0.6 is 11.3 Å². The van der Waals surface area contributed by atoms with E-state index in [1.165, 1.54) is 17.0 Å². The average molecular weight is 341 g/mol. The van der Waals surface area contributed by atoms with Crippen LogP contribution in [0.15, 0.2) is 29.2 Å². The van der Waals surface area contributed by atoms with Crippen molar-refractivity contribution in [2.45, 2.75) is 45.2 Å². The molecule has 0 saturated carbocycles. The van der Waals surface area contributed by atoms with Crippen LogP contribution in [-0.2, 0) is 18.4 Å². The molecule has 0 aliphatic carbocycles. The van der Waals surface area contributed by atoms with E-state index >= 15 is 0 Å². The van der Waals surface area contributed by atoms with Crippen molar-refractivity contribution in [3.8, 4) is 0 Å². The topological polar surface area (TPSA) is 60.6 Å². The first kappa shape index (κ1) is 15.6. The highest BCUT2D eigenvalue weighted by atomic mass is 32.1. The lowest BCUT2D eigenvalue weighted by molar-refractivity contribution is 0.198. The average Bonchev–Trinajstić information content (AvgIpc) is 3.27. The van der Waals surface area contributed by atoms with Crippen LogP contribution in [0.3, 0.4) is 0 Å². The minimum Gasteiger partial charge on any atom is -0.348 e. The van der Waals surface area contributed by atoms with Gasteiger partial charge in [0.05, 0.1) is 23.8 Å². The number of nitrogens with zero attached hydrogens (tertiary/aromatic N) is 3. The monoisotopic (exact) mass is 341 g/mol. The number of aromatic nitrogens is 4.